The molecule has 5 nitrogen and oxygen atoms in total. The Morgan fingerprint density at radius 1 is 0.833 bits per heavy atom. The summed E-state index contributed by atoms with van der Waals surface area (Å²) in [6.07, 6.45) is 2.72. The van der Waals surface area contributed by atoms with Gasteiger partial charge in [-0.3, -0.25) is 4.79 Å². The molecule has 4 rings (SSSR count). The molecular formula is C25H26N4O. The average Bonchev–Trinajstić information content (AvgIpc) is 3.19. The maximum atomic E-state index is 12.6. The Hall–Kier alpha value is -3.47. The number of carbonyl (C=O) groups is 1. The Balaban J connectivity index is 1.38. The topological polar surface area (TPSA) is 59.8 Å². The molecule has 0 fully saturated rings. The minimum Gasteiger partial charge on any atom is -0.326 e. The first kappa shape index (κ1) is 19.8. The lowest BCUT2D eigenvalue weighted by molar-refractivity contribution is -0.116. The third-order valence-electron chi connectivity index (χ3n) is 5.34. The van der Waals surface area contributed by atoms with Crippen molar-refractivity contribution in [1.29, 1.82) is 0 Å². The smallest absolute Gasteiger partial charge is 0.224 e. The van der Waals surface area contributed by atoms with Crippen LogP contribution in [0.5, 0.6) is 0 Å². The number of hydrogen-bond donors (Lipinski definition) is 1. The van der Waals surface area contributed by atoms with Gasteiger partial charge in [0.1, 0.15) is 11.6 Å². The predicted molar refractivity (Wildman–Crippen MR) is 120 cm³/mol. The van der Waals surface area contributed by atoms with Gasteiger partial charge in [-0.05, 0) is 30.4 Å². The average molecular weight is 399 g/mol. The van der Waals surface area contributed by atoms with E-state index in [4.69, 9.17) is 0 Å². The standard InChI is InChI=1S/C25H26N4O/c1-2-29-23(16-15-19-9-4-3-5-10-19)27-28-24(29)17-18-25(30)26-22-14-8-12-20-11-6-7-13-21(20)22/h3-14H,2,15-18H2,1H3,(H,26,30). The van der Waals surface area contributed by atoms with Gasteiger partial charge in [-0.2, -0.15) is 0 Å². The van der Waals surface area contributed by atoms with E-state index in [2.05, 4.69) is 51.3 Å². The summed E-state index contributed by atoms with van der Waals surface area (Å²) in [4.78, 5) is 12.6. The number of fused-ring (bicyclic) bond motifs is 1. The number of carbonyl (C=O) groups excluding carboxylic acids is 1. The molecule has 30 heavy (non-hydrogen) atoms. The second-order valence-electron chi connectivity index (χ2n) is 7.34. The maximum absolute atomic E-state index is 12.6. The monoisotopic (exact) mass is 398 g/mol. The molecule has 0 atom stereocenters. The number of nitrogens with one attached hydrogen (secondary N) is 1. The van der Waals surface area contributed by atoms with Gasteiger partial charge in [0.15, 0.2) is 0 Å². The Labute approximate surface area is 176 Å². The molecule has 1 amide bonds. The van der Waals surface area contributed by atoms with E-state index in [-0.39, 0.29) is 5.91 Å². The van der Waals surface area contributed by atoms with Crippen molar-refractivity contribution in [2.24, 2.45) is 0 Å². The van der Waals surface area contributed by atoms with Crippen molar-refractivity contribution in [2.45, 2.75) is 39.2 Å². The van der Waals surface area contributed by atoms with E-state index in [1.807, 2.05) is 48.5 Å². The van der Waals surface area contributed by atoms with Gasteiger partial charge in [-0.1, -0.05) is 66.7 Å². The third-order valence-corrected chi connectivity index (χ3v) is 5.34. The zero-order valence-electron chi connectivity index (χ0n) is 17.2. The zero-order valence-corrected chi connectivity index (χ0v) is 17.2. The molecule has 0 spiro atoms. The van der Waals surface area contributed by atoms with Crippen LogP contribution in [0.3, 0.4) is 0 Å². The molecule has 1 N–H and O–H groups in total. The molecule has 0 radical (unpaired) electrons. The van der Waals surface area contributed by atoms with E-state index in [0.29, 0.717) is 12.8 Å². The van der Waals surface area contributed by atoms with Crippen LogP contribution in [-0.2, 0) is 30.6 Å². The van der Waals surface area contributed by atoms with Gasteiger partial charge < -0.3 is 9.88 Å². The van der Waals surface area contributed by atoms with E-state index in [1.165, 1.54) is 5.56 Å². The summed E-state index contributed by atoms with van der Waals surface area (Å²) in [5.41, 5.74) is 2.14. The summed E-state index contributed by atoms with van der Waals surface area (Å²) in [7, 11) is 0. The minimum absolute atomic E-state index is 0.0113. The molecule has 3 aromatic carbocycles. The molecule has 0 bridgehead atoms. The fourth-order valence-electron chi connectivity index (χ4n) is 3.78. The van der Waals surface area contributed by atoms with Crippen molar-refractivity contribution in [3.63, 3.8) is 0 Å². The molecule has 152 valence electrons. The molecule has 1 heterocycles. The summed E-state index contributed by atoms with van der Waals surface area (Å²) in [5, 5.41) is 14.0. The minimum atomic E-state index is -0.0113. The first-order valence-corrected chi connectivity index (χ1v) is 10.5. The number of anilines is 1. The summed E-state index contributed by atoms with van der Waals surface area (Å²) in [5.74, 6) is 1.84. The Bertz CT molecular complexity index is 1130. The number of nitrogens with zero attached hydrogens (tertiary/aromatic N) is 3. The summed E-state index contributed by atoms with van der Waals surface area (Å²) < 4.78 is 2.13. The van der Waals surface area contributed by atoms with Gasteiger partial charge in [-0.15, -0.1) is 10.2 Å². The molecular weight excluding hydrogens is 372 g/mol. The van der Waals surface area contributed by atoms with Crippen molar-refractivity contribution in [3.8, 4) is 0 Å². The number of aromatic nitrogens is 3. The lowest BCUT2D eigenvalue weighted by Gasteiger charge is -2.10. The van der Waals surface area contributed by atoms with Crippen LogP contribution >= 0.6 is 0 Å². The highest BCUT2D eigenvalue weighted by molar-refractivity contribution is 6.02. The third kappa shape index (κ3) is 4.57. The van der Waals surface area contributed by atoms with E-state index < -0.39 is 0 Å². The molecule has 0 saturated carbocycles. The van der Waals surface area contributed by atoms with Crippen molar-refractivity contribution in [1.82, 2.24) is 14.8 Å². The highest BCUT2D eigenvalue weighted by Gasteiger charge is 2.13. The Kier molecular flexibility index (Phi) is 6.18. The number of benzene rings is 3. The zero-order chi connectivity index (χ0) is 20.8. The van der Waals surface area contributed by atoms with E-state index in [9.17, 15) is 4.79 Å². The fourth-order valence-corrected chi connectivity index (χ4v) is 3.78. The number of aryl methyl sites for hydroxylation is 3. The van der Waals surface area contributed by atoms with Gasteiger partial charge in [-0.25, -0.2) is 0 Å². The van der Waals surface area contributed by atoms with Crippen LogP contribution in [0.15, 0.2) is 72.8 Å². The first-order valence-electron chi connectivity index (χ1n) is 10.5. The van der Waals surface area contributed by atoms with Crippen LogP contribution in [0.1, 0.15) is 30.6 Å². The van der Waals surface area contributed by atoms with Gasteiger partial charge in [0, 0.05) is 36.9 Å². The number of rotatable bonds is 8. The van der Waals surface area contributed by atoms with Crippen molar-refractivity contribution in [3.05, 3.63) is 90.0 Å². The van der Waals surface area contributed by atoms with Crippen LogP contribution in [0.4, 0.5) is 5.69 Å². The molecule has 0 unspecified atom stereocenters. The van der Waals surface area contributed by atoms with Gasteiger partial charge in [0.25, 0.3) is 0 Å². The lowest BCUT2D eigenvalue weighted by atomic mass is 10.1. The molecule has 0 aliphatic heterocycles. The van der Waals surface area contributed by atoms with Gasteiger partial charge in [0.05, 0.1) is 0 Å². The summed E-state index contributed by atoms with van der Waals surface area (Å²) >= 11 is 0. The summed E-state index contributed by atoms with van der Waals surface area (Å²) in [6, 6.07) is 24.4. The van der Waals surface area contributed by atoms with E-state index >= 15 is 0 Å². The van der Waals surface area contributed by atoms with E-state index in [1.54, 1.807) is 0 Å². The number of hydrogen-bond acceptors (Lipinski definition) is 3. The van der Waals surface area contributed by atoms with Gasteiger partial charge in [0.2, 0.25) is 5.91 Å². The highest BCUT2D eigenvalue weighted by atomic mass is 16.1. The SMILES string of the molecule is CCn1c(CCC(=O)Nc2cccc3ccccc23)nnc1CCc1ccccc1. The molecule has 4 aromatic rings. The van der Waals surface area contributed by atoms with Crippen LogP contribution in [-0.4, -0.2) is 20.7 Å². The van der Waals surface area contributed by atoms with Crippen LogP contribution in [0.25, 0.3) is 10.8 Å². The molecule has 0 aliphatic carbocycles. The highest BCUT2D eigenvalue weighted by Crippen LogP contribution is 2.23. The van der Waals surface area contributed by atoms with Crippen LogP contribution in [0, 0.1) is 0 Å². The van der Waals surface area contributed by atoms with E-state index in [0.717, 1.165) is 47.5 Å². The molecule has 0 aliphatic rings. The normalized spacial score (nSPS) is 11.0. The largest absolute Gasteiger partial charge is 0.326 e. The molecule has 5 heteroatoms. The predicted octanol–water partition coefficient (Wildman–Crippen LogP) is 4.81. The second kappa shape index (κ2) is 9.35. The van der Waals surface area contributed by atoms with Crippen molar-refractivity contribution < 1.29 is 4.79 Å². The first-order chi connectivity index (χ1) is 14.7. The lowest BCUT2D eigenvalue weighted by Crippen LogP contribution is -2.15. The Morgan fingerprint density at radius 2 is 1.53 bits per heavy atom. The van der Waals surface area contributed by atoms with Crippen LogP contribution in [0.2, 0.25) is 0 Å². The van der Waals surface area contributed by atoms with Gasteiger partial charge >= 0.3 is 0 Å². The molecule has 0 saturated heterocycles. The summed E-state index contributed by atoms with van der Waals surface area (Å²) in [6.45, 7) is 2.90. The second-order valence-corrected chi connectivity index (χ2v) is 7.34. The Morgan fingerprint density at radius 3 is 2.33 bits per heavy atom. The van der Waals surface area contributed by atoms with Crippen LogP contribution < -0.4 is 5.32 Å². The number of amides is 1. The molecule has 1 aromatic heterocycles. The van der Waals surface area contributed by atoms with Crippen molar-refractivity contribution in [2.75, 3.05) is 5.32 Å². The van der Waals surface area contributed by atoms with Crippen molar-refractivity contribution >= 4 is 22.4 Å². The quantitative estimate of drug-likeness (QED) is 0.463. The fraction of sp³-hybridized carbons (Fsp3) is 0.240. The maximum Gasteiger partial charge on any atom is 0.224 e.